The van der Waals surface area contributed by atoms with Crippen LogP contribution < -0.4 is 5.32 Å². The van der Waals surface area contributed by atoms with Crippen LogP contribution >= 0.6 is 0 Å². The number of nitrogens with one attached hydrogen (secondary N) is 2. The van der Waals surface area contributed by atoms with Gasteiger partial charge in [0.25, 0.3) is 0 Å². The van der Waals surface area contributed by atoms with Crippen molar-refractivity contribution in [1.82, 2.24) is 29.5 Å². The average Bonchev–Trinajstić information content (AvgIpc) is 3.43. The Morgan fingerprint density at radius 1 is 1.16 bits per heavy atom. The molecule has 0 spiro atoms. The molecule has 5 rings (SSSR count). The first-order chi connectivity index (χ1) is 15.6. The zero-order chi connectivity index (χ0) is 22.1. The number of benzene rings is 1. The van der Waals surface area contributed by atoms with Gasteiger partial charge < -0.3 is 14.9 Å². The van der Waals surface area contributed by atoms with Crippen molar-refractivity contribution in [2.24, 2.45) is 0 Å². The van der Waals surface area contributed by atoms with Crippen molar-refractivity contribution in [2.75, 3.05) is 11.9 Å². The van der Waals surface area contributed by atoms with Crippen LogP contribution in [0.15, 0.2) is 55.2 Å². The van der Waals surface area contributed by atoms with Gasteiger partial charge in [-0.15, -0.1) is 0 Å². The highest BCUT2D eigenvalue weighted by atomic mass is 15.2. The molecule has 0 radical (unpaired) electrons. The van der Waals surface area contributed by atoms with Gasteiger partial charge in [-0.2, -0.15) is 0 Å². The molecule has 0 fully saturated rings. The van der Waals surface area contributed by atoms with Crippen molar-refractivity contribution >= 4 is 27.9 Å². The summed E-state index contributed by atoms with van der Waals surface area (Å²) in [5, 5.41) is 4.78. The molecule has 32 heavy (non-hydrogen) atoms. The molecule has 2 N–H and O–H groups in total. The Hall–Kier alpha value is -3.74. The molecule has 4 heterocycles. The number of aryl methyl sites for hydroxylation is 1. The molecule has 0 aliphatic carbocycles. The van der Waals surface area contributed by atoms with E-state index in [2.05, 4.69) is 69.1 Å². The number of rotatable bonds is 7. The van der Waals surface area contributed by atoms with Crippen LogP contribution in [0.5, 0.6) is 0 Å². The number of imidazole rings is 1. The van der Waals surface area contributed by atoms with Crippen molar-refractivity contribution in [3.63, 3.8) is 0 Å². The van der Waals surface area contributed by atoms with Crippen LogP contribution in [0.1, 0.15) is 37.4 Å². The number of aromatic amines is 1. The fourth-order valence-electron chi connectivity index (χ4n) is 4.02. The smallest absolute Gasteiger partial charge is 0.166 e. The van der Waals surface area contributed by atoms with Gasteiger partial charge in [0.2, 0.25) is 0 Å². The molecule has 0 unspecified atom stereocenters. The topological polar surface area (TPSA) is 84.3 Å². The van der Waals surface area contributed by atoms with E-state index >= 15 is 0 Å². The fraction of sp³-hybridized carbons (Fsp3) is 0.280. The van der Waals surface area contributed by atoms with E-state index in [9.17, 15) is 0 Å². The molecule has 1 atom stereocenters. The minimum Gasteiger partial charge on any atom is -0.368 e. The highest BCUT2D eigenvalue weighted by Crippen LogP contribution is 2.27. The number of H-pyrrole nitrogens is 1. The number of pyridine rings is 1. The number of anilines is 1. The lowest BCUT2D eigenvalue weighted by molar-refractivity contribution is 0.541. The van der Waals surface area contributed by atoms with Crippen LogP contribution in [0.3, 0.4) is 0 Å². The third-order valence-electron chi connectivity index (χ3n) is 5.98. The van der Waals surface area contributed by atoms with E-state index in [1.165, 1.54) is 10.9 Å². The van der Waals surface area contributed by atoms with Crippen molar-refractivity contribution in [3.05, 3.63) is 66.4 Å². The standard InChI is InChI=1S/C25H27N7/c1-4-17(3)32-15-29-22-24(27-10-9-18-14-28-21-8-6-5-7-20(18)21)30-23(31-25(22)32)19-11-16(2)12-26-13-19/h5-8,11-15,17,28H,4,9-10H2,1-3H3,(H,27,30,31)/t17-/m0/s1. The van der Waals surface area contributed by atoms with Crippen molar-refractivity contribution in [1.29, 1.82) is 0 Å². The molecule has 0 aliphatic heterocycles. The Kier molecular flexibility index (Phi) is 5.31. The van der Waals surface area contributed by atoms with Gasteiger partial charge in [-0.1, -0.05) is 25.1 Å². The molecular weight excluding hydrogens is 398 g/mol. The molecule has 0 saturated carbocycles. The van der Waals surface area contributed by atoms with Crippen LogP contribution in [0, 0.1) is 6.92 Å². The molecular formula is C25H27N7. The summed E-state index contributed by atoms with van der Waals surface area (Å²) in [5.74, 6) is 1.42. The van der Waals surface area contributed by atoms with Crippen LogP contribution in [-0.4, -0.2) is 36.0 Å². The number of fused-ring (bicyclic) bond motifs is 2. The predicted octanol–water partition coefficient (Wildman–Crippen LogP) is 5.30. The highest BCUT2D eigenvalue weighted by molar-refractivity contribution is 5.85. The van der Waals surface area contributed by atoms with Gasteiger partial charge in [0.05, 0.1) is 6.33 Å². The predicted molar refractivity (Wildman–Crippen MR) is 129 cm³/mol. The lowest BCUT2D eigenvalue weighted by atomic mass is 10.1. The first-order valence-corrected chi connectivity index (χ1v) is 11.1. The maximum absolute atomic E-state index is 4.88. The summed E-state index contributed by atoms with van der Waals surface area (Å²) in [6.45, 7) is 7.12. The normalized spacial score (nSPS) is 12.5. The molecule has 5 aromatic rings. The fourth-order valence-corrected chi connectivity index (χ4v) is 4.02. The SMILES string of the molecule is CC[C@H](C)n1cnc2c(NCCc3c[nH]c4ccccc34)nc(-c3cncc(C)c3)nc21. The Labute approximate surface area is 187 Å². The maximum Gasteiger partial charge on any atom is 0.166 e. The Morgan fingerprint density at radius 3 is 2.88 bits per heavy atom. The van der Waals surface area contributed by atoms with Gasteiger partial charge in [0.15, 0.2) is 17.3 Å². The molecule has 7 heteroatoms. The highest BCUT2D eigenvalue weighted by Gasteiger charge is 2.17. The van der Waals surface area contributed by atoms with E-state index in [-0.39, 0.29) is 0 Å². The number of aromatic nitrogens is 6. The maximum atomic E-state index is 4.88. The summed E-state index contributed by atoms with van der Waals surface area (Å²) in [5.41, 5.74) is 6.08. The zero-order valence-electron chi connectivity index (χ0n) is 18.6. The molecule has 4 aromatic heterocycles. The molecule has 0 amide bonds. The molecule has 1 aromatic carbocycles. The Balaban J connectivity index is 1.50. The van der Waals surface area contributed by atoms with Crippen molar-refractivity contribution in [2.45, 2.75) is 39.7 Å². The second-order valence-electron chi connectivity index (χ2n) is 8.26. The van der Waals surface area contributed by atoms with Crippen LogP contribution in [-0.2, 0) is 6.42 Å². The van der Waals surface area contributed by atoms with E-state index in [4.69, 9.17) is 9.97 Å². The minimum atomic E-state index is 0.303. The van der Waals surface area contributed by atoms with Crippen molar-refractivity contribution in [3.8, 4) is 11.4 Å². The van der Waals surface area contributed by atoms with Crippen LogP contribution in [0.25, 0.3) is 33.5 Å². The van der Waals surface area contributed by atoms with E-state index in [1.54, 1.807) is 0 Å². The molecule has 7 nitrogen and oxygen atoms in total. The molecule has 0 bridgehead atoms. The van der Waals surface area contributed by atoms with Gasteiger partial charge in [-0.05, 0) is 49.9 Å². The van der Waals surface area contributed by atoms with E-state index in [0.29, 0.717) is 11.9 Å². The summed E-state index contributed by atoms with van der Waals surface area (Å²) in [6, 6.07) is 10.7. The second-order valence-corrected chi connectivity index (χ2v) is 8.26. The number of para-hydroxylation sites is 1. The Morgan fingerprint density at radius 2 is 2.03 bits per heavy atom. The minimum absolute atomic E-state index is 0.303. The summed E-state index contributed by atoms with van der Waals surface area (Å²) in [7, 11) is 0. The quantitative estimate of drug-likeness (QED) is 0.369. The average molecular weight is 426 g/mol. The first kappa shape index (κ1) is 20.2. The van der Waals surface area contributed by atoms with Gasteiger partial charge in [-0.25, -0.2) is 15.0 Å². The van der Waals surface area contributed by atoms with Crippen molar-refractivity contribution < 1.29 is 0 Å². The van der Waals surface area contributed by atoms with Gasteiger partial charge in [0.1, 0.15) is 5.52 Å². The number of hydrogen-bond donors (Lipinski definition) is 2. The zero-order valence-corrected chi connectivity index (χ0v) is 18.6. The monoisotopic (exact) mass is 425 g/mol. The largest absolute Gasteiger partial charge is 0.368 e. The van der Waals surface area contributed by atoms with Crippen LogP contribution in [0.2, 0.25) is 0 Å². The third kappa shape index (κ3) is 3.70. The molecule has 0 saturated heterocycles. The first-order valence-electron chi connectivity index (χ1n) is 11.1. The van der Waals surface area contributed by atoms with Crippen LogP contribution in [0.4, 0.5) is 5.82 Å². The Bertz CT molecular complexity index is 1380. The van der Waals surface area contributed by atoms with Gasteiger partial charge >= 0.3 is 0 Å². The summed E-state index contributed by atoms with van der Waals surface area (Å²) in [6.07, 6.45) is 9.49. The summed E-state index contributed by atoms with van der Waals surface area (Å²) in [4.78, 5) is 22.1. The third-order valence-corrected chi connectivity index (χ3v) is 5.98. The second kappa shape index (κ2) is 8.42. The molecule has 0 aliphatic rings. The summed E-state index contributed by atoms with van der Waals surface area (Å²) < 4.78 is 2.13. The lowest BCUT2D eigenvalue weighted by Gasteiger charge is -2.13. The summed E-state index contributed by atoms with van der Waals surface area (Å²) >= 11 is 0. The van der Waals surface area contributed by atoms with E-state index < -0.39 is 0 Å². The number of hydrogen-bond acceptors (Lipinski definition) is 5. The molecule has 162 valence electrons. The van der Waals surface area contributed by atoms with E-state index in [1.807, 2.05) is 31.7 Å². The van der Waals surface area contributed by atoms with Gasteiger partial charge in [0, 0.05) is 47.6 Å². The van der Waals surface area contributed by atoms with Gasteiger partial charge in [-0.3, -0.25) is 4.98 Å². The number of nitrogens with zero attached hydrogens (tertiary/aromatic N) is 5. The lowest BCUT2D eigenvalue weighted by Crippen LogP contribution is -2.09. The van der Waals surface area contributed by atoms with E-state index in [0.717, 1.165) is 53.0 Å².